The molecule has 2 aliphatic heterocycles. The van der Waals surface area contributed by atoms with Gasteiger partial charge in [-0.15, -0.1) is 0 Å². The monoisotopic (exact) mass is 326 g/mol. The minimum Gasteiger partial charge on any atom is -0.454 e. The van der Waals surface area contributed by atoms with Crippen molar-refractivity contribution in [2.75, 3.05) is 30.1 Å². The lowest BCUT2D eigenvalue weighted by Gasteiger charge is -2.22. The van der Waals surface area contributed by atoms with Gasteiger partial charge < -0.3 is 19.7 Å². The van der Waals surface area contributed by atoms with Gasteiger partial charge in [-0.3, -0.25) is 0 Å². The van der Waals surface area contributed by atoms with Crippen molar-refractivity contribution in [1.29, 1.82) is 0 Å². The predicted octanol–water partition coefficient (Wildman–Crippen LogP) is 3.64. The molecule has 0 atom stereocenters. The van der Waals surface area contributed by atoms with Gasteiger partial charge in [0.25, 0.3) is 0 Å². The summed E-state index contributed by atoms with van der Waals surface area (Å²) in [5.74, 6) is 4.14. The third kappa shape index (κ3) is 3.22. The Bertz CT molecular complexity index is 727. The highest BCUT2D eigenvalue weighted by Gasteiger charge is 2.15. The lowest BCUT2D eigenvalue weighted by molar-refractivity contribution is 0.174. The summed E-state index contributed by atoms with van der Waals surface area (Å²) < 4.78 is 10.8. The lowest BCUT2D eigenvalue weighted by Crippen LogP contribution is -2.25. The quantitative estimate of drug-likeness (QED) is 0.929. The van der Waals surface area contributed by atoms with Crippen LogP contribution in [0, 0.1) is 6.92 Å². The Labute approximate surface area is 141 Å². The molecule has 0 bridgehead atoms. The number of rotatable bonds is 3. The lowest BCUT2D eigenvalue weighted by atomic mass is 10.2. The van der Waals surface area contributed by atoms with Crippen molar-refractivity contribution in [3.63, 3.8) is 0 Å². The van der Waals surface area contributed by atoms with Gasteiger partial charge in [-0.05, 0) is 31.9 Å². The number of nitrogens with one attached hydrogen (secondary N) is 1. The summed E-state index contributed by atoms with van der Waals surface area (Å²) in [6.07, 6.45) is 5.08. The number of aryl methyl sites for hydroxylation is 1. The van der Waals surface area contributed by atoms with Gasteiger partial charge in [0.1, 0.15) is 17.5 Å². The number of hydrogen-bond acceptors (Lipinski definition) is 6. The van der Waals surface area contributed by atoms with Crippen molar-refractivity contribution in [2.24, 2.45) is 0 Å². The van der Waals surface area contributed by atoms with Gasteiger partial charge in [0.05, 0.1) is 0 Å². The van der Waals surface area contributed by atoms with Crippen molar-refractivity contribution in [3.05, 3.63) is 30.1 Å². The van der Waals surface area contributed by atoms with Crippen molar-refractivity contribution in [1.82, 2.24) is 9.97 Å². The van der Waals surface area contributed by atoms with Gasteiger partial charge in [-0.2, -0.15) is 0 Å². The van der Waals surface area contributed by atoms with E-state index < -0.39 is 0 Å². The van der Waals surface area contributed by atoms with Crippen LogP contribution in [0.25, 0.3) is 0 Å². The summed E-state index contributed by atoms with van der Waals surface area (Å²) in [7, 11) is 0. The van der Waals surface area contributed by atoms with E-state index in [2.05, 4.69) is 20.2 Å². The Morgan fingerprint density at radius 2 is 1.75 bits per heavy atom. The molecule has 6 heteroatoms. The van der Waals surface area contributed by atoms with Crippen LogP contribution < -0.4 is 19.7 Å². The van der Waals surface area contributed by atoms with Gasteiger partial charge in [-0.1, -0.05) is 12.8 Å². The molecule has 1 saturated heterocycles. The molecule has 0 aliphatic carbocycles. The van der Waals surface area contributed by atoms with Crippen LogP contribution in [0.15, 0.2) is 24.3 Å². The fraction of sp³-hybridized carbons (Fsp3) is 0.444. The number of hydrogen-bond donors (Lipinski definition) is 1. The van der Waals surface area contributed by atoms with Gasteiger partial charge in [0.2, 0.25) is 6.79 Å². The van der Waals surface area contributed by atoms with E-state index in [1.165, 1.54) is 25.7 Å². The molecule has 6 nitrogen and oxygen atoms in total. The number of aromatic nitrogens is 2. The number of fused-ring (bicyclic) bond motifs is 1. The maximum Gasteiger partial charge on any atom is 0.231 e. The van der Waals surface area contributed by atoms with E-state index in [1.54, 1.807) is 0 Å². The molecule has 4 rings (SSSR count). The van der Waals surface area contributed by atoms with Crippen LogP contribution >= 0.6 is 0 Å². The maximum atomic E-state index is 5.43. The van der Waals surface area contributed by atoms with Crippen LogP contribution in [0.2, 0.25) is 0 Å². The van der Waals surface area contributed by atoms with Crippen LogP contribution in [-0.2, 0) is 0 Å². The highest BCUT2D eigenvalue weighted by molar-refractivity contribution is 5.63. The average molecular weight is 326 g/mol. The Balaban J connectivity index is 1.56. The minimum absolute atomic E-state index is 0.282. The third-order valence-corrected chi connectivity index (χ3v) is 4.40. The maximum absolute atomic E-state index is 5.43. The first-order valence-electron chi connectivity index (χ1n) is 8.55. The molecule has 0 saturated carbocycles. The van der Waals surface area contributed by atoms with Gasteiger partial charge >= 0.3 is 0 Å². The van der Waals surface area contributed by atoms with E-state index in [0.717, 1.165) is 47.7 Å². The Kier molecular flexibility index (Phi) is 4.11. The number of benzene rings is 1. The average Bonchev–Trinajstić information content (AvgIpc) is 2.86. The first kappa shape index (κ1) is 15.1. The summed E-state index contributed by atoms with van der Waals surface area (Å²) in [5, 5.41) is 3.36. The standard InChI is InChI=1S/C18H22N4O2/c1-13-19-17(11-18(20-13)22-8-4-2-3-5-9-22)21-14-6-7-15-16(10-14)24-12-23-15/h6-7,10-11H,2-5,8-9,12H2,1H3,(H,19,20,21). The van der Waals surface area contributed by atoms with Gasteiger partial charge in [-0.25, -0.2) is 9.97 Å². The molecule has 1 N–H and O–H groups in total. The molecule has 0 radical (unpaired) electrons. The van der Waals surface area contributed by atoms with E-state index in [9.17, 15) is 0 Å². The zero-order chi connectivity index (χ0) is 16.4. The topological polar surface area (TPSA) is 59.5 Å². The molecule has 2 aliphatic rings. The van der Waals surface area contributed by atoms with E-state index in [-0.39, 0.29) is 6.79 Å². The number of anilines is 3. The smallest absolute Gasteiger partial charge is 0.231 e. The van der Waals surface area contributed by atoms with Gasteiger partial charge in [0, 0.05) is 30.9 Å². The molecule has 1 fully saturated rings. The predicted molar refractivity (Wildman–Crippen MR) is 93.3 cm³/mol. The van der Waals surface area contributed by atoms with Crippen LogP contribution in [-0.4, -0.2) is 29.9 Å². The van der Waals surface area contributed by atoms with E-state index in [4.69, 9.17) is 9.47 Å². The molecule has 24 heavy (non-hydrogen) atoms. The zero-order valence-corrected chi connectivity index (χ0v) is 13.9. The molecule has 126 valence electrons. The molecule has 0 unspecified atom stereocenters. The largest absolute Gasteiger partial charge is 0.454 e. The third-order valence-electron chi connectivity index (χ3n) is 4.40. The molecule has 2 aromatic rings. The molecule has 0 spiro atoms. The minimum atomic E-state index is 0.282. The fourth-order valence-electron chi connectivity index (χ4n) is 3.20. The summed E-state index contributed by atoms with van der Waals surface area (Å²) >= 11 is 0. The first-order valence-corrected chi connectivity index (χ1v) is 8.55. The molecule has 1 aromatic carbocycles. The summed E-state index contributed by atoms with van der Waals surface area (Å²) in [5.41, 5.74) is 0.930. The van der Waals surface area contributed by atoms with Crippen molar-refractivity contribution >= 4 is 17.3 Å². The number of ether oxygens (including phenoxy) is 2. The van der Waals surface area contributed by atoms with Crippen molar-refractivity contribution < 1.29 is 9.47 Å². The van der Waals surface area contributed by atoms with Crippen LogP contribution in [0.5, 0.6) is 11.5 Å². The Morgan fingerprint density at radius 1 is 0.958 bits per heavy atom. The van der Waals surface area contributed by atoms with E-state index in [0.29, 0.717) is 0 Å². The van der Waals surface area contributed by atoms with Crippen molar-refractivity contribution in [2.45, 2.75) is 32.6 Å². The molecular formula is C18H22N4O2. The van der Waals surface area contributed by atoms with Crippen LogP contribution in [0.3, 0.4) is 0 Å². The molecule has 1 aromatic heterocycles. The summed E-state index contributed by atoms with van der Waals surface area (Å²) in [4.78, 5) is 11.5. The van der Waals surface area contributed by atoms with E-state index in [1.807, 2.05) is 31.2 Å². The van der Waals surface area contributed by atoms with Crippen molar-refractivity contribution in [3.8, 4) is 11.5 Å². The normalized spacial score (nSPS) is 16.8. The summed E-state index contributed by atoms with van der Waals surface area (Å²) in [6.45, 7) is 4.36. The second-order valence-corrected chi connectivity index (χ2v) is 6.25. The molecule has 0 amide bonds. The van der Waals surface area contributed by atoms with Gasteiger partial charge in [0.15, 0.2) is 11.5 Å². The van der Waals surface area contributed by atoms with Crippen LogP contribution in [0.1, 0.15) is 31.5 Å². The molecule has 3 heterocycles. The first-order chi connectivity index (χ1) is 11.8. The Morgan fingerprint density at radius 3 is 2.58 bits per heavy atom. The molecular weight excluding hydrogens is 304 g/mol. The number of nitrogens with zero attached hydrogens (tertiary/aromatic N) is 3. The Hall–Kier alpha value is -2.50. The second-order valence-electron chi connectivity index (χ2n) is 6.25. The van der Waals surface area contributed by atoms with E-state index >= 15 is 0 Å². The SMILES string of the molecule is Cc1nc(Nc2ccc3c(c2)OCO3)cc(N2CCCCCC2)n1. The highest BCUT2D eigenvalue weighted by atomic mass is 16.7. The summed E-state index contributed by atoms with van der Waals surface area (Å²) in [6, 6.07) is 7.85. The fourth-order valence-corrected chi connectivity index (χ4v) is 3.20. The zero-order valence-electron chi connectivity index (χ0n) is 13.9. The van der Waals surface area contributed by atoms with Crippen LogP contribution in [0.4, 0.5) is 17.3 Å². The second kappa shape index (κ2) is 6.55. The highest BCUT2D eigenvalue weighted by Crippen LogP contribution is 2.35.